The molecule has 0 aliphatic heterocycles. The van der Waals surface area contributed by atoms with Gasteiger partial charge < -0.3 is 10.4 Å². The zero-order valence-electron chi connectivity index (χ0n) is 10.7. The Morgan fingerprint density at radius 3 is 2.72 bits per heavy atom. The van der Waals surface area contributed by atoms with Gasteiger partial charge in [0.25, 0.3) is 5.91 Å². The van der Waals surface area contributed by atoms with E-state index in [0.717, 1.165) is 23.3 Å². The van der Waals surface area contributed by atoms with Gasteiger partial charge in [-0.1, -0.05) is 20.3 Å². The van der Waals surface area contributed by atoms with Gasteiger partial charge in [0.05, 0.1) is 4.88 Å². The second-order valence-corrected chi connectivity index (χ2v) is 5.13. The van der Waals surface area contributed by atoms with Crippen LogP contribution in [-0.4, -0.2) is 23.5 Å². The fourth-order valence-electron chi connectivity index (χ4n) is 1.74. The molecule has 0 spiro atoms. The number of aryl methyl sites for hydroxylation is 1. The van der Waals surface area contributed by atoms with Crippen LogP contribution in [0.4, 0.5) is 0 Å². The molecule has 2 N–H and O–H groups in total. The Kier molecular flexibility index (Phi) is 5.85. The first kappa shape index (κ1) is 14.7. The van der Waals surface area contributed by atoms with Crippen molar-refractivity contribution in [2.75, 3.05) is 6.54 Å². The molecule has 1 aromatic heterocycles. The molecule has 18 heavy (non-hydrogen) atoms. The molecule has 100 valence electrons. The summed E-state index contributed by atoms with van der Waals surface area (Å²) in [6.07, 6.45) is 1.68. The van der Waals surface area contributed by atoms with E-state index in [1.807, 2.05) is 25.3 Å². The predicted octanol–water partition coefficient (Wildman–Crippen LogP) is 2.54. The van der Waals surface area contributed by atoms with Crippen molar-refractivity contribution >= 4 is 23.2 Å². The minimum absolute atomic E-state index is 0.00325. The molecule has 4 nitrogen and oxygen atoms in total. The quantitative estimate of drug-likeness (QED) is 0.799. The maximum absolute atomic E-state index is 11.9. The highest BCUT2D eigenvalue weighted by atomic mass is 32.1. The van der Waals surface area contributed by atoms with Crippen molar-refractivity contribution in [2.24, 2.45) is 5.92 Å². The Morgan fingerprint density at radius 1 is 1.44 bits per heavy atom. The Bertz CT molecular complexity index is 414. The van der Waals surface area contributed by atoms with Gasteiger partial charge in [-0.15, -0.1) is 11.3 Å². The zero-order chi connectivity index (χ0) is 13.5. The third-order valence-electron chi connectivity index (χ3n) is 2.93. The number of hydrogen-bond acceptors (Lipinski definition) is 3. The summed E-state index contributed by atoms with van der Waals surface area (Å²) in [5.74, 6) is -0.913. The average molecular weight is 269 g/mol. The summed E-state index contributed by atoms with van der Waals surface area (Å²) in [5, 5.41) is 13.5. The Hall–Kier alpha value is -1.36. The van der Waals surface area contributed by atoms with E-state index >= 15 is 0 Å². The highest BCUT2D eigenvalue weighted by Gasteiger charge is 2.15. The number of rotatable bonds is 7. The number of carboxylic acid groups (broad SMARTS) is 1. The fraction of sp³-hybridized carbons (Fsp3) is 0.538. The number of thiophene rings is 1. The highest BCUT2D eigenvalue weighted by Crippen LogP contribution is 2.17. The Morgan fingerprint density at radius 2 is 2.17 bits per heavy atom. The van der Waals surface area contributed by atoms with Gasteiger partial charge in [0.15, 0.2) is 0 Å². The first-order chi connectivity index (χ1) is 8.58. The second-order valence-electron chi connectivity index (χ2n) is 4.21. The minimum Gasteiger partial charge on any atom is -0.481 e. The summed E-state index contributed by atoms with van der Waals surface area (Å²) < 4.78 is 0. The lowest BCUT2D eigenvalue weighted by atomic mass is 10.0. The van der Waals surface area contributed by atoms with Gasteiger partial charge in [0.2, 0.25) is 0 Å². The lowest BCUT2D eigenvalue weighted by Gasteiger charge is -2.13. The lowest BCUT2D eigenvalue weighted by molar-refractivity contribution is -0.138. The normalized spacial score (nSPS) is 12.1. The number of nitrogens with one attached hydrogen (secondary N) is 1. The maximum atomic E-state index is 11.9. The van der Waals surface area contributed by atoms with Gasteiger partial charge in [0, 0.05) is 13.0 Å². The molecular formula is C13H19NO3S. The molecular weight excluding hydrogens is 250 g/mol. The van der Waals surface area contributed by atoms with Crippen LogP contribution >= 0.6 is 11.3 Å². The molecule has 0 saturated carbocycles. The molecule has 0 fully saturated rings. The molecule has 1 rings (SSSR count). The molecule has 0 aliphatic carbocycles. The van der Waals surface area contributed by atoms with Gasteiger partial charge in [-0.2, -0.15) is 0 Å². The highest BCUT2D eigenvalue weighted by molar-refractivity contribution is 7.12. The largest absolute Gasteiger partial charge is 0.481 e. The van der Waals surface area contributed by atoms with Gasteiger partial charge in [-0.3, -0.25) is 9.59 Å². The van der Waals surface area contributed by atoms with Crippen LogP contribution in [0.2, 0.25) is 0 Å². The van der Waals surface area contributed by atoms with Gasteiger partial charge in [-0.25, -0.2) is 0 Å². The van der Waals surface area contributed by atoms with Crippen molar-refractivity contribution in [2.45, 2.75) is 33.1 Å². The third-order valence-corrected chi connectivity index (χ3v) is 3.88. The molecule has 0 radical (unpaired) electrons. The molecule has 0 aliphatic rings. The Labute approximate surface area is 111 Å². The van der Waals surface area contributed by atoms with E-state index < -0.39 is 5.97 Å². The number of carboxylic acids is 1. The monoisotopic (exact) mass is 269 g/mol. The first-order valence-electron chi connectivity index (χ1n) is 6.14. The molecule has 1 atom stereocenters. The second kappa shape index (κ2) is 7.16. The summed E-state index contributed by atoms with van der Waals surface area (Å²) in [6, 6.07) is 1.95. The van der Waals surface area contributed by atoms with E-state index in [1.165, 1.54) is 11.3 Å². The van der Waals surface area contributed by atoms with E-state index in [0.29, 0.717) is 6.54 Å². The number of amides is 1. The SMILES string of the molecule is CCc1ccsc1C(=O)NCC(CC)CC(=O)O. The third kappa shape index (κ3) is 4.14. The fourth-order valence-corrected chi connectivity index (χ4v) is 2.65. The van der Waals surface area contributed by atoms with E-state index in [2.05, 4.69) is 5.32 Å². The van der Waals surface area contributed by atoms with Gasteiger partial charge in [-0.05, 0) is 29.3 Å². The molecule has 5 heteroatoms. The first-order valence-corrected chi connectivity index (χ1v) is 7.02. The summed E-state index contributed by atoms with van der Waals surface area (Å²) in [4.78, 5) is 23.3. The summed E-state index contributed by atoms with van der Waals surface area (Å²) >= 11 is 1.43. The van der Waals surface area contributed by atoms with Crippen molar-refractivity contribution in [3.8, 4) is 0 Å². The van der Waals surface area contributed by atoms with E-state index in [9.17, 15) is 9.59 Å². The molecule has 0 saturated heterocycles. The van der Waals surface area contributed by atoms with Crippen LogP contribution < -0.4 is 5.32 Å². The van der Waals surface area contributed by atoms with E-state index in [1.54, 1.807) is 0 Å². The van der Waals surface area contributed by atoms with Gasteiger partial charge in [0.1, 0.15) is 0 Å². The van der Waals surface area contributed by atoms with Crippen molar-refractivity contribution in [1.82, 2.24) is 5.32 Å². The van der Waals surface area contributed by atoms with Crippen LogP contribution in [0, 0.1) is 5.92 Å². The van der Waals surface area contributed by atoms with Crippen LogP contribution in [-0.2, 0) is 11.2 Å². The minimum atomic E-state index is -0.818. The van der Waals surface area contributed by atoms with Crippen LogP contribution in [0.25, 0.3) is 0 Å². The maximum Gasteiger partial charge on any atom is 0.303 e. The molecule has 1 unspecified atom stereocenters. The standard InChI is InChI=1S/C13H19NO3S/c1-3-9(7-11(15)16)8-14-13(17)12-10(4-2)5-6-18-12/h5-6,9H,3-4,7-8H2,1-2H3,(H,14,17)(H,15,16). The molecule has 1 amide bonds. The molecule has 0 aromatic carbocycles. The molecule has 1 heterocycles. The number of carbonyl (C=O) groups excluding carboxylic acids is 1. The van der Waals surface area contributed by atoms with Crippen molar-refractivity contribution in [1.29, 1.82) is 0 Å². The van der Waals surface area contributed by atoms with Crippen LogP contribution in [0.5, 0.6) is 0 Å². The topological polar surface area (TPSA) is 66.4 Å². The van der Waals surface area contributed by atoms with Crippen LogP contribution in [0.3, 0.4) is 0 Å². The smallest absolute Gasteiger partial charge is 0.303 e. The number of carbonyl (C=O) groups is 2. The molecule has 1 aromatic rings. The number of aliphatic carboxylic acids is 1. The van der Waals surface area contributed by atoms with Crippen LogP contribution in [0.1, 0.15) is 41.9 Å². The van der Waals surface area contributed by atoms with E-state index in [-0.39, 0.29) is 18.2 Å². The predicted molar refractivity (Wildman–Crippen MR) is 72.1 cm³/mol. The van der Waals surface area contributed by atoms with Crippen molar-refractivity contribution < 1.29 is 14.7 Å². The van der Waals surface area contributed by atoms with E-state index in [4.69, 9.17) is 5.11 Å². The summed E-state index contributed by atoms with van der Waals surface area (Å²) in [6.45, 7) is 4.36. The molecule has 0 bridgehead atoms. The summed E-state index contributed by atoms with van der Waals surface area (Å²) in [7, 11) is 0. The van der Waals surface area contributed by atoms with Crippen LogP contribution in [0.15, 0.2) is 11.4 Å². The van der Waals surface area contributed by atoms with Crippen molar-refractivity contribution in [3.63, 3.8) is 0 Å². The summed E-state index contributed by atoms with van der Waals surface area (Å²) in [5.41, 5.74) is 1.05. The van der Waals surface area contributed by atoms with Gasteiger partial charge >= 0.3 is 5.97 Å². The Balaban J connectivity index is 2.52. The average Bonchev–Trinajstić information content (AvgIpc) is 2.81. The lowest BCUT2D eigenvalue weighted by Crippen LogP contribution is -2.30. The zero-order valence-corrected chi connectivity index (χ0v) is 11.5. The number of hydrogen-bond donors (Lipinski definition) is 2. The van der Waals surface area contributed by atoms with Crippen molar-refractivity contribution in [3.05, 3.63) is 21.9 Å².